The molecule has 6 rings (SSSR count). The number of ether oxygens (including phenoxy) is 2. The monoisotopic (exact) mass is 528 g/mol. The average Bonchev–Trinajstić information content (AvgIpc) is 3.59. The highest BCUT2D eigenvalue weighted by molar-refractivity contribution is 5.88. The summed E-state index contributed by atoms with van der Waals surface area (Å²) in [7, 11) is 0. The predicted octanol–water partition coefficient (Wildman–Crippen LogP) is 7.80. The molecule has 2 N–H and O–H groups in total. The van der Waals surface area contributed by atoms with Crippen molar-refractivity contribution in [2.75, 3.05) is 0 Å². The predicted molar refractivity (Wildman–Crippen MR) is 160 cm³/mol. The first-order chi connectivity index (χ1) is 19.6. The topological polar surface area (TPSA) is 67.1 Å². The minimum atomic E-state index is -0.152. The van der Waals surface area contributed by atoms with Crippen LogP contribution >= 0.6 is 0 Å². The third kappa shape index (κ3) is 5.79. The van der Waals surface area contributed by atoms with E-state index in [0.717, 1.165) is 55.6 Å². The van der Waals surface area contributed by atoms with Gasteiger partial charge in [0.2, 0.25) is 0 Å². The maximum Gasteiger partial charge on any atom is 0.133 e. The van der Waals surface area contributed by atoms with Gasteiger partial charge in [0.1, 0.15) is 30.5 Å². The van der Waals surface area contributed by atoms with Crippen molar-refractivity contribution in [1.29, 1.82) is 0 Å². The Kier molecular flexibility index (Phi) is 7.36. The summed E-state index contributed by atoms with van der Waals surface area (Å²) in [6.07, 6.45) is 5.33. The van der Waals surface area contributed by atoms with Gasteiger partial charge in [-0.05, 0) is 78.4 Å². The number of ketones is 1. The largest absolute Gasteiger partial charge is 0.489 e. The molecule has 0 saturated heterocycles. The summed E-state index contributed by atoms with van der Waals surface area (Å²) in [5.41, 5.74) is 6.56. The molecule has 0 amide bonds. The Morgan fingerprint density at radius 3 is 1.52 bits per heavy atom. The molecule has 0 unspecified atom stereocenters. The van der Waals surface area contributed by atoms with Gasteiger partial charge in [-0.3, -0.25) is 4.79 Å². The van der Waals surface area contributed by atoms with Gasteiger partial charge >= 0.3 is 0 Å². The van der Waals surface area contributed by atoms with Crippen molar-refractivity contribution in [2.45, 2.75) is 33.0 Å². The van der Waals surface area contributed by atoms with Crippen molar-refractivity contribution < 1.29 is 14.3 Å². The Balaban J connectivity index is 1.19. The maximum atomic E-state index is 12.9. The Labute approximate surface area is 233 Å². The van der Waals surface area contributed by atoms with Crippen LogP contribution in [0.2, 0.25) is 0 Å². The number of aromatic amines is 2. The number of Topliss-reactive ketones (excluding diaryl/α,β-unsaturated/α-hetero) is 1. The van der Waals surface area contributed by atoms with Gasteiger partial charge in [0.25, 0.3) is 0 Å². The van der Waals surface area contributed by atoms with Crippen LogP contribution in [0, 0.1) is 5.92 Å². The third-order valence-electron chi connectivity index (χ3n) is 7.48. The third-order valence-corrected chi connectivity index (χ3v) is 7.48. The second-order valence-corrected chi connectivity index (χ2v) is 10.3. The average molecular weight is 529 g/mol. The van der Waals surface area contributed by atoms with Crippen LogP contribution in [0.25, 0.3) is 21.8 Å². The molecule has 0 saturated carbocycles. The molecule has 5 nitrogen and oxygen atoms in total. The van der Waals surface area contributed by atoms with E-state index in [-0.39, 0.29) is 11.7 Å². The van der Waals surface area contributed by atoms with E-state index in [1.165, 1.54) is 0 Å². The van der Waals surface area contributed by atoms with Crippen LogP contribution in [0.1, 0.15) is 29.2 Å². The van der Waals surface area contributed by atoms with Gasteiger partial charge in [-0.25, -0.2) is 0 Å². The molecule has 0 radical (unpaired) electrons. The number of fused-ring (bicyclic) bond motifs is 2. The fraction of sp³-hybridized carbons (Fsp3) is 0.171. The van der Waals surface area contributed by atoms with E-state index < -0.39 is 0 Å². The van der Waals surface area contributed by atoms with Gasteiger partial charge in [-0.15, -0.1) is 0 Å². The number of aromatic nitrogens is 2. The highest BCUT2D eigenvalue weighted by Gasteiger charge is 2.20. The zero-order valence-corrected chi connectivity index (χ0v) is 22.5. The molecular weight excluding hydrogens is 496 g/mol. The molecule has 4 aromatic carbocycles. The number of carbonyl (C=O) groups excluding carboxylic acids is 1. The summed E-state index contributed by atoms with van der Waals surface area (Å²) in [5.74, 6) is 1.66. The molecule has 0 atom stereocenters. The number of H-pyrrole nitrogens is 2. The van der Waals surface area contributed by atoms with Crippen LogP contribution in [0.15, 0.2) is 109 Å². The van der Waals surface area contributed by atoms with E-state index in [4.69, 9.17) is 9.47 Å². The quantitative estimate of drug-likeness (QED) is 0.180. The molecule has 0 aliphatic rings. The molecular formula is C35H32N2O3. The lowest BCUT2D eigenvalue weighted by Crippen LogP contribution is -2.16. The molecule has 0 bridgehead atoms. The van der Waals surface area contributed by atoms with Crippen molar-refractivity contribution in [3.05, 3.63) is 132 Å². The first-order valence-corrected chi connectivity index (χ1v) is 13.7. The van der Waals surface area contributed by atoms with E-state index in [9.17, 15) is 4.79 Å². The van der Waals surface area contributed by atoms with Gasteiger partial charge < -0.3 is 19.4 Å². The van der Waals surface area contributed by atoms with Crippen LogP contribution < -0.4 is 9.47 Å². The van der Waals surface area contributed by atoms with E-state index in [2.05, 4.69) is 46.4 Å². The zero-order chi connectivity index (χ0) is 27.3. The van der Waals surface area contributed by atoms with Gasteiger partial charge in [0, 0.05) is 40.1 Å². The highest BCUT2D eigenvalue weighted by atomic mass is 16.5. The summed E-state index contributed by atoms with van der Waals surface area (Å²) in [6.45, 7) is 2.72. The minimum absolute atomic E-state index is 0.152. The van der Waals surface area contributed by atoms with Gasteiger partial charge in [0.15, 0.2) is 0 Å². The first kappa shape index (κ1) is 25.5. The van der Waals surface area contributed by atoms with E-state index in [1.807, 2.05) is 73.1 Å². The van der Waals surface area contributed by atoms with Crippen molar-refractivity contribution in [3.63, 3.8) is 0 Å². The lowest BCUT2D eigenvalue weighted by atomic mass is 9.89. The number of hydrogen-bond donors (Lipinski definition) is 2. The molecule has 2 heterocycles. The Hall–Kier alpha value is -4.77. The van der Waals surface area contributed by atoms with Crippen molar-refractivity contribution >= 4 is 27.6 Å². The smallest absolute Gasteiger partial charge is 0.133 e. The summed E-state index contributed by atoms with van der Waals surface area (Å²) in [6, 6.07) is 32.5. The number of benzene rings is 4. The van der Waals surface area contributed by atoms with E-state index in [1.54, 1.807) is 6.92 Å². The number of hydrogen-bond acceptors (Lipinski definition) is 3. The van der Waals surface area contributed by atoms with Crippen LogP contribution in [0.3, 0.4) is 0 Å². The van der Waals surface area contributed by atoms with Gasteiger partial charge in [-0.2, -0.15) is 0 Å². The van der Waals surface area contributed by atoms with E-state index >= 15 is 0 Å². The molecule has 0 aliphatic heterocycles. The molecule has 6 aromatic rings. The first-order valence-electron chi connectivity index (χ1n) is 13.7. The normalized spacial score (nSPS) is 11.3. The number of carbonyl (C=O) groups is 1. The Bertz CT molecular complexity index is 1610. The molecule has 5 heteroatoms. The Morgan fingerprint density at radius 1 is 0.650 bits per heavy atom. The van der Waals surface area contributed by atoms with Crippen molar-refractivity contribution in [2.24, 2.45) is 5.92 Å². The molecule has 0 fully saturated rings. The van der Waals surface area contributed by atoms with Crippen molar-refractivity contribution in [1.82, 2.24) is 9.97 Å². The van der Waals surface area contributed by atoms with Gasteiger partial charge in [0.05, 0.1) is 0 Å². The van der Waals surface area contributed by atoms with Crippen LogP contribution in [0.4, 0.5) is 0 Å². The lowest BCUT2D eigenvalue weighted by molar-refractivity contribution is -0.120. The van der Waals surface area contributed by atoms with Crippen LogP contribution in [-0.2, 0) is 30.8 Å². The van der Waals surface area contributed by atoms with Crippen molar-refractivity contribution in [3.8, 4) is 11.5 Å². The van der Waals surface area contributed by atoms with Crippen LogP contribution in [0.5, 0.6) is 11.5 Å². The SMILES string of the molecule is CC(=O)C(Cc1c[nH]c2ccc(OCc3ccccc3)cc12)Cc1c[nH]c2ccc(OCc3ccccc3)cc12. The summed E-state index contributed by atoms with van der Waals surface area (Å²) in [5, 5.41) is 2.18. The second kappa shape index (κ2) is 11.5. The lowest BCUT2D eigenvalue weighted by Gasteiger charge is -2.14. The second-order valence-electron chi connectivity index (χ2n) is 10.3. The maximum absolute atomic E-state index is 12.9. The fourth-order valence-corrected chi connectivity index (χ4v) is 5.20. The minimum Gasteiger partial charge on any atom is -0.489 e. The standard InChI is InChI=1S/C35H32N2O3/c1-24(38)27(16-28-20-36-34-14-12-30(18-32(28)34)39-22-25-8-4-2-5-9-25)17-29-21-37-35-15-13-31(19-33(29)35)40-23-26-10-6-3-7-11-26/h2-15,18-21,27,36-37H,16-17,22-23H2,1H3. The summed E-state index contributed by atoms with van der Waals surface area (Å²) < 4.78 is 12.1. The summed E-state index contributed by atoms with van der Waals surface area (Å²) >= 11 is 0. The highest BCUT2D eigenvalue weighted by Crippen LogP contribution is 2.30. The number of rotatable bonds is 11. The van der Waals surface area contributed by atoms with E-state index in [0.29, 0.717) is 26.1 Å². The van der Waals surface area contributed by atoms with Crippen LogP contribution in [-0.4, -0.2) is 15.8 Å². The fourth-order valence-electron chi connectivity index (χ4n) is 5.20. The number of nitrogens with one attached hydrogen (secondary N) is 2. The Morgan fingerprint density at radius 2 is 1.10 bits per heavy atom. The summed E-state index contributed by atoms with van der Waals surface area (Å²) in [4.78, 5) is 19.6. The zero-order valence-electron chi connectivity index (χ0n) is 22.5. The van der Waals surface area contributed by atoms with Gasteiger partial charge in [-0.1, -0.05) is 60.7 Å². The molecule has 0 spiro atoms. The molecule has 2 aromatic heterocycles. The molecule has 200 valence electrons. The molecule has 0 aliphatic carbocycles. The molecule has 40 heavy (non-hydrogen) atoms.